The molecule has 1 aliphatic rings. The Morgan fingerprint density at radius 3 is 2.79 bits per heavy atom. The van der Waals surface area contributed by atoms with Gasteiger partial charge in [-0.2, -0.15) is 0 Å². The van der Waals surface area contributed by atoms with E-state index in [1.54, 1.807) is 12.4 Å². The maximum Gasteiger partial charge on any atom is 0.274 e. The van der Waals surface area contributed by atoms with Crippen molar-refractivity contribution in [2.75, 3.05) is 5.73 Å². The van der Waals surface area contributed by atoms with Crippen LogP contribution in [0.5, 0.6) is 0 Å². The third kappa shape index (κ3) is 2.46. The summed E-state index contributed by atoms with van der Waals surface area (Å²) in [4.78, 5) is 16.5. The molecule has 6 heteroatoms. The van der Waals surface area contributed by atoms with Gasteiger partial charge in [0.2, 0.25) is 0 Å². The summed E-state index contributed by atoms with van der Waals surface area (Å²) in [6, 6.07) is 7.93. The number of aromatic nitrogens is 3. The molecule has 1 fully saturated rings. The quantitative estimate of drug-likeness (QED) is 0.773. The van der Waals surface area contributed by atoms with Gasteiger partial charge in [0.25, 0.3) is 5.91 Å². The van der Waals surface area contributed by atoms with Gasteiger partial charge in [-0.3, -0.25) is 9.78 Å². The highest BCUT2D eigenvalue weighted by Crippen LogP contribution is 2.32. The molecule has 1 amide bonds. The summed E-state index contributed by atoms with van der Waals surface area (Å²) in [7, 11) is 0. The fourth-order valence-electron chi connectivity index (χ4n) is 2.76. The van der Waals surface area contributed by atoms with Crippen LogP contribution in [0, 0.1) is 6.92 Å². The molecule has 1 aromatic carbocycles. The van der Waals surface area contributed by atoms with Gasteiger partial charge >= 0.3 is 0 Å². The Kier molecular flexibility index (Phi) is 3.37. The Balaban J connectivity index is 1.85. The predicted octanol–water partition coefficient (Wildman–Crippen LogP) is 2.47. The molecule has 4 rings (SSSR count). The molecule has 120 valence electrons. The minimum atomic E-state index is -0.257. The van der Waals surface area contributed by atoms with Crippen molar-refractivity contribution in [3.05, 3.63) is 47.9 Å². The smallest absolute Gasteiger partial charge is 0.274 e. The minimum Gasteiger partial charge on any atom is -0.396 e. The molecule has 1 aliphatic carbocycles. The van der Waals surface area contributed by atoms with E-state index < -0.39 is 0 Å². The molecule has 0 spiro atoms. The normalized spacial score (nSPS) is 13.9. The summed E-state index contributed by atoms with van der Waals surface area (Å²) in [6.07, 6.45) is 5.58. The summed E-state index contributed by atoms with van der Waals surface area (Å²) in [6.45, 7) is 2.02. The molecule has 2 aromatic heterocycles. The van der Waals surface area contributed by atoms with Crippen molar-refractivity contribution < 1.29 is 4.79 Å². The molecule has 2 heterocycles. The van der Waals surface area contributed by atoms with Gasteiger partial charge < -0.3 is 11.1 Å². The molecule has 0 bridgehead atoms. The number of hydrogen-bond acceptors (Lipinski definition) is 5. The Bertz CT molecular complexity index is 949. The van der Waals surface area contributed by atoms with Gasteiger partial charge in [0.05, 0.1) is 5.69 Å². The Morgan fingerprint density at radius 2 is 2.04 bits per heavy atom. The average molecular weight is 319 g/mol. The third-order valence-electron chi connectivity index (χ3n) is 4.29. The third-order valence-corrected chi connectivity index (χ3v) is 4.29. The number of anilines is 1. The van der Waals surface area contributed by atoms with Gasteiger partial charge in [0.15, 0.2) is 5.69 Å². The van der Waals surface area contributed by atoms with Crippen LogP contribution in [0.3, 0.4) is 0 Å². The Labute approximate surface area is 139 Å². The lowest BCUT2D eigenvalue weighted by Gasteiger charge is -2.11. The fraction of sp³-hybridized carbons (Fsp3) is 0.222. The second-order valence-corrected chi connectivity index (χ2v) is 6.10. The zero-order valence-corrected chi connectivity index (χ0v) is 13.3. The standard InChI is InChI=1S/C18H17N5O/c1-10-7-8-20-9-14(10)12-3-2-4-13-15(19)17(23-22-16(12)13)18(24)21-11-5-6-11/h2-4,7-9,11H,5-6H2,1H3,(H2,19,22)(H,21,24). The number of carbonyl (C=O) groups is 1. The van der Waals surface area contributed by atoms with Crippen molar-refractivity contribution in [1.29, 1.82) is 0 Å². The fourth-order valence-corrected chi connectivity index (χ4v) is 2.76. The lowest BCUT2D eigenvalue weighted by molar-refractivity contribution is 0.0946. The van der Waals surface area contributed by atoms with Gasteiger partial charge in [-0.15, -0.1) is 10.2 Å². The topological polar surface area (TPSA) is 93.8 Å². The summed E-state index contributed by atoms with van der Waals surface area (Å²) < 4.78 is 0. The first-order chi connectivity index (χ1) is 11.6. The van der Waals surface area contributed by atoms with Crippen molar-refractivity contribution >= 4 is 22.5 Å². The number of amides is 1. The molecule has 0 radical (unpaired) electrons. The van der Waals surface area contributed by atoms with Crippen molar-refractivity contribution in [2.24, 2.45) is 0 Å². The van der Waals surface area contributed by atoms with Gasteiger partial charge in [-0.25, -0.2) is 0 Å². The Hall–Kier alpha value is -3.02. The Morgan fingerprint density at radius 1 is 1.21 bits per heavy atom. The number of nitrogen functional groups attached to an aromatic ring is 1. The van der Waals surface area contributed by atoms with Gasteiger partial charge in [-0.05, 0) is 31.4 Å². The lowest BCUT2D eigenvalue weighted by Crippen LogP contribution is -2.27. The van der Waals surface area contributed by atoms with Crippen molar-refractivity contribution in [2.45, 2.75) is 25.8 Å². The number of fused-ring (bicyclic) bond motifs is 1. The molecule has 3 aromatic rings. The monoisotopic (exact) mass is 319 g/mol. The van der Waals surface area contributed by atoms with E-state index in [0.717, 1.165) is 34.9 Å². The highest BCUT2D eigenvalue weighted by atomic mass is 16.2. The number of nitrogens with one attached hydrogen (secondary N) is 1. The predicted molar refractivity (Wildman–Crippen MR) is 92.4 cm³/mol. The maximum absolute atomic E-state index is 12.3. The molecule has 0 unspecified atom stereocenters. The number of aryl methyl sites for hydroxylation is 1. The molecular weight excluding hydrogens is 302 g/mol. The second kappa shape index (κ2) is 5.56. The average Bonchev–Trinajstić information content (AvgIpc) is 3.39. The van der Waals surface area contributed by atoms with Crippen molar-refractivity contribution in [1.82, 2.24) is 20.5 Å². The van der Waals surface area contributed by atoms with Crippen LogP contribution in [0.15, 0.2) is 36.7 Å². The SMILES string of the molecule is Cc1ccncc1-c1cccc2c(N)c(C(=O)NC3CC3)nnc12. The van der Waals surface area contributed by atoms with E-state index in [0.29, 0.717) is 11.2 Å². The van der Waals surface area contributed by atoms with Crippen LogP contribution in [0.25, 0.3) is 22.0 Å². The number of rotatable bonds is 3. The van der Waals surface area contributed by atoms with Crippen LogP contribution < -0.4 is 11.1 Å². The number of nitrogens with two attached hydrogens (primary N) is 1. The van der Waals surface area contributed by atoms with E-state index in [1.165, 1.54) is 0 Å². The molecule has 3 N–H and O–H groups in total. The number of benzene rings is 1. The van der Waals surface area contributed by atoms with Crippen LogP contribution in [-0.2, 0) is 0 Å². The zero-order chi connectivity index (χ0) is 16.7. The molecule has 0 aliphatic heterocycles. The molecule has 24 heavy (non-hydrogen) atoms. The molecule has 0 atom stereocenters. The molecule has 1 saturated carbocycles. The summed E-state index contributed by atoms with van der Waals surface area (Å²) in [5.74, 6) is -0.257. The van der Waals surface area contributed by atoms with E-state index in [1.807, 2.05) is 31.2 Å². The van der Waals surface area contributed by atoms with E-state index in [-0.39, 0.29) is 17.6 Å². The van der Waals surface area contributed by atoms with Crippen LogP contribution >= 0.6 is 0 Å². The van der Waals surface area contributed by atoms with Crippen molar-refractivity contribution in [3.8, 4) is 11.1 Å². The zero-order valence-electron chi connectivity index (χ0n) is 13.3. The van der Waals surface area contributed by atoms with E-state index in [4.69, 9.17) is 5.73 Å². The van der Waals surface area contributed by atoms with E-state index in [2.05, 4.69) is 20.5 Å². The minimum absolute atomic E-state index is 0.189. The first-order valence-corrected chi connectivity index (χ1v) is 7.92. The van der Waals surface area contributed by atoms with Gasteiger partial charge in [0.1, 0.15) is 5.52 Å². The summed E-state index contributed by atoms with van der Waals surface area (Å²) >= 11 is 0. The highest BCUT2D eigenvalue weighted by molar-refractivity contribution is 6.07. The maximum atomic E-state index is 12.3. The van der Waals surface area contributed by atoms with Crippen LogP contribution in [-0.4, -0.2) is 27.1 Å². The number of pyridine rings is 1. The van der Waals surface area contributed by atoms with Gasteiger partial charge in [-0.1, -0.05) is 18.2 Å². The molecular formula is C18H17N5O. The number of hydrogen-bond donors (Lipinski definition) is 2. The first kappa shape index (κ1) is 14.6. The van der Waals surface area contributed by atoms with Crippen LogP contribution in [0.4, 0.5) is 5.69 Å². The lowest BCUT2D eigenvalue weighted by atomic mass is 9.99. The summed E-state index contributed by atoms with van der Waals surface area (Å²) in [5, 5.41) is 12.0. The molecule has 6 nitrogen and oxygen atoms in total. The number of carbonyl (C=O) groups excluding carboxylic acids is 1. The first-order valence-electron chi connectivity index (χ1n) is 7.92. The van der Waals surface area contributed by atoms with Crippen LogP contribution in [0.2, 0.25) is 0 Å². The largest absolute Gasteiger partial charge is 0.396 e. The molecule has 0 saturated heterocycles. The van der Waals surface area contributed by atoms with E-state index in [9.17, 15) is 4.79 Å². The van der Waals surface area contributed by atoms with E-state index >= 15 is 0 Å². The highest BCUT2D eigenvalue weighted by Gasteiger charge is 2.26. The van der Waals surface area contributed by atoms with Crippen molar-refractivity contribution in [3.63, 3.8) is 0 Å². The van der Waals surface area contributed by atoms with Crippen LogP contribution in [0.1, 0.15) is 28.9 Å². The van der Waals surface area contributed by atoms with Gasteiger partial charge in [0, 0.05) is 34.9 Å². The summed E-state index contributed by atoms with van der Waals surface area (Å²) in [5.41, 5.74) is 10.4. The second-order valence-electron chi connectivity index (χ2n) is 6.10. The number of nitrogens with zero attached hydrogens (tertiary/aromatic N) is 3.